The first-order valence-corrected chi connectivity index (χ1v) is 7.65. The van der Waals surface area contributed by atoms with Gasteiger partial charge in [-0.25, -0.2) is 4.79 Å². The molecule has 2 aromatic rings. The fourth-order valence-electron chi connectivity index (χ4n) is 2.19. The molecule has 0 saturated heterocycles. The maximum atomic E-state index is 11.8. The quantitative estimate of drug-likeness (QED) is 0.570. The SMILES string of the molecule is N#CC(CCCc1ccccc1)OC(=O)/C=C/c1ccccc1. The van der Waals surface area contributed by atoms with Gasteiger partial charge in [-0.3, -0.25) is 0 Å². The molecular weight excluding hydrogens is 286 g/mol. The van der Waals surface area contributed by atoms with Crippen LogP contribution in [0.3, 0.4) is 0 Å². The fraction of sp³-hybridized carbons (Fsp3) is 0.200. The highest BCUT2D eigenvalue weighted by Crippen LogP contribution is 2.09. The van der Waals surface area contributed by atoms with E-state index in [0.717, 1.165) is 18.4 Å². The molecule has 2 rings (SSSR count). The van der Waals surface area contributed by atoms with Gasteiger partial charge in [-0.15, -0.1) is 0 Å². The lowest BCUT2D eigenvalue weighted by Crippen LogP contribution is -2.15. The molecule has 3 nitrogen and oxygen atoms in total. The molecular formula is C20H19NO2. The molecule has 1 unspecified atom stereocenters. The van der Waals surface area contributed by atoms with Crippen molar-refractivity contribution in [1.82, 2.24) is 0 Å². The fourth-order valence-corrected chi connectivity index (χ4v) is 2.19. The molecule has 0 spiro atoms. The number of carbonyl (C=O) groups is 1. The van der Waals surface area contributed by atoms with Crippen LogP contribution in [0.2, 0.25) is 0 Å². The summed E-state index contributed by atoms with van der Waals surface area (Å²) in [6, 6.07) is 21.6. The minimum Gasteiger partial charge on any atom is -0.444 e. The molecule has 3 heteroatoms. The number of hydrogen-bond acceptors (Lipinski definition) is 3. The summed E-state index contributed by atoms with van der Waals surface area (Å²) in [5.74, 6) is -0.486. The number of rotatable bonds is 7. The molecule has 0 radical (unpaired) electrons. The van der Waals surface area contributed by atoms with Crippen LogP contribution >= 0.6 is 0 Å². The van der Waals surface area contributed by atoms with Gasteiger partial charge in [0.25, 0.3) is 0 Å². The predicted molar refractivity (Wildman–Crippen MR) is 90.3 cm³/mol. The predicted octanol–water partition coefficient (Wildman–Crippen LogP) is 4.16. The molecule has 0 aliphatic rings. The first kappa shape index (κ1) is 16.5. The molecule has 1 atom stereocenters. The summed E-state index contributed by atoms with van der Waals surface area (Å²) in [4.78, 5) is 11.8. The Balaban J connectivity index is 1.76. The van der Waals surface area contributed by atoms with E-state index in [-0.39, 0.29) is 0 Å². The Morgan fingerprint density at radius 1 is 1.09 bits per heavy atom. The summed E-state index contributed by atoms with van der Waals surface area (Å²) in [5.41, 5.74) is 2.14. The molecule has 0 amide bonds. The minimum absolute atomic E-state index is 0.486. The van der Waals surface area contributed by atoms with Crippen LogP contribution in [-0.4, -0.2) is 12.1 Å². The van der Waals surface area contributed by atoms with Crippen LogP contribution in [0.25, 0.3) is 6.08 Å². The van der Waals surface area contributed by atoms with Crippen molar-refractivity contribution in [3.05, 3.63) is 77.9 Å². The number of benzene rings is 2. The third-order valence-corrected chi connectivity index (χ3v) is 3.39. The summed E-state index contributed by atoms with van der Waals surface area (Å²) >= 11 is 0. The van der Waals surface area contributed by atoms with E-state index in [4.69, 9.17) is 10.00 Å². The van der Waals surface area contributed by atoms with Crippen molar-refractivity contribution in [3.8, 4) is 6.07 Å². The number of ether oxygens (including phenoxy) is 1. The molecule has 0 fully saturated rings. The van der Waals surface area contributed by atoms with Gasteiger partial charge in [0, 0.05) is 6.08 Å². The minimum atomic E-state index is -0.702. The van der Waals surface area contributed by atoms with Gasteiger partial charge in [0.1, 0.15) is 6.07 Å². The molecule has 0 heterocycles. The highest BCUT2D eigenvalue weighted by Gasteiger charge is 2.11. The Morgan fingerprint density at radius 3 is 2.39 bits per heavy atom. The number of carbonyl (C=O) groups excluding carboxylic acids is 1. The lowest BCUT2D eigenvalue weighted by molar-refractivity contribution is -0.140. The second kappa shape index (κ2) is 9.22. The number of hydrogen-bond donors (Lipinski definition) is 0. The number of aryl methyl sites for hydroxylation is 1. The van der Waals surface area contributed by atoms with Crippen molar-refractivity contribution < 1.29 is 9.53 Å². The number of nitriles is 1. The van der Waals surface area contributed by atoms with Crippen molar-refractivity contribution >= 4 is 12.0 Å². The first-order chi connectivity index (χ1) is 11.3. The van der Waals surface area contributed by atoms with Crippen LogP contribution in [0.4, 0.5) is 0 Å². The standard InChI is InChI=1S/C20H19NO2/c21-16-19(13-7-12-17-8-3-1-4-9-17)23-20(22)15-14-18-10-5-2-6-11-18/h1-6,8-11,14-15,19H,7,12-13H2/b15-14+. The molecule has 0 aromatic heterocycles. The zero-order valence-corrected chi connectivity index (χ0v) is 12.9. The zero-order valence-electron chi connectivity index (χ0n) is 12.9. The van der Waals surface area contributed by atoms with E-state index in [1.807, 2.05) is 54.6 Å². The maximum absolute atomic E-state index is 11.8. The Morgan fingerprint density at radius 2 is 1.74 bits per heavy atom. The molecule has 0 aliphatic carbocycles. The van der Waals surface area contributed by atoms with Crippen molar-refractivity contribution in [1.29, 1.82) is 5.26 Å². The molecule has 116 valence electrons. The van der Waals surface area contributed by atoms with Crippen LogP contribution in [0.5, 0.6) is 0 Å². The molecule has 0 N–H and O–H groups in total. The van der Waals surface area contributed by atoms with Gasteiger partial charge in [-0.2, -0.15) is 5.26 Å². The summed E-state index contributed by atoms with van der Waals surface area (Å²) < 4.78 is 5.17. The second-order valence-corrected chi connectivity index (χ2v) is 5.18. The summed E-state index contributed by atoms with van der Waals surface area (Å²) in [7, 11) is 0. The molecule has 0 aliphatic heterocycles. The molecule has 23 heavy (non-hydrogen) atoms. The van der Waals surface area contributed by atoms with Gasteiger partial charge in [-0.1, -0.05) is 60.7 Å². The Bertz CT molecular complexity index is 672. The third kappa shape index (κ3) is 6.19. The van der Waals surface area contributed by atoms with Crippen LogP contribution in [0.1, 0.15) is 24.0 Å². The average Bonchev–Trinajstić information content (AvgIpc) is 2.61. The molecule has 0 saturated carbocycles. The lowest BCUT2D eigenvalue weighted by Gasteiger charge is -2.09. The Hall–Kier alpha value is -2.86. The highest BCUT2D eigenvalue weighted by atomic mass is 16.5. The van der Waals surface area contributed by atoms with Crippen molar-refractivity contribution in [2.75, 3.05) is 0 Å². The smallest absolute Gasteiger partial charge is 0.332 e. The van der Waals surface area contributed by atoms with Crippen LogP contribution in [0.15, 0.2) is 66.7 Å². The van der Waals surface area contributed by atoms with Crippen molar-refractivity contribution in [3.63, 3.8) is 0 Å². The largest absolute Gasteiger partial charge is 0.444 e. The van der Waals surface area contributed by atoms with Crippen molar-refractivity contribution in [2.45, 2.75) is 25.4 Å². The van der Waals surface area contributed by atoms with Gasteiger partial charge < -0.3 is 4.74 Å². The molecule has 0 bridgehead atoms. The molecule has 2 aromatic carbocycles. The van der Waals surface area contributed by atoms with Gasteiger partial charge in [0.15, 0.2) is 6.10 Å². The Labute approximate surface area is 136 Å². The summed E-state index contributed by atoms with van der Waals surface area (Å²) in [6.07, 6.45) is 4.55. The topological polar surface area (TPSA) is 50.1 Å². The van der Waals surface area contributed by atoms with Crippen LogP contribution < -0.4 is 0 Å². The number of nitrogens with zero attached hydrogens (tertiary/aromatic N) is 1. The summed E-state index contributed by atoms with van der Waals surface area (Å²) in [6.45, 7) is 0. The highest BCUT2D eigenvalue weighted by molar-refractivity contribution is 5.87. The van der Waals surface area contributed by atoms with Crippen LogP contribution in [0, 0.1) is 11.3 Å². The lowest BCUT2D eigenvalue weighted by atomic mass is 10.1. The van der Waals surface area contributed by atoms with Crippen LogP contribution in [-0.2, 0) is 16.0 Å². The van der Waals surface area contributed by atoms with E-state index in [1.165, 1.54) is 11.6 Å². The first-order valence-electron chi connectivity index (χ1n) is 7.65. The zero-order chi connectivity index (χ0) is 16.3. The van der Waals surface area contributed by atoms with E-state index < -0.39 is 12.1 Å². The van der Waals surface area contributed by atoms with E-state index in [2.05, 4.69) is 12.1 Å². The normalized spacial score (nSPS) is 11.8. The maximum Gasteiger partial charge on any atom is 0.332 e. The van der Waals surface area contributed by atoms with E-state index in [0.29, 0.717) is 6.42 Å². The van der Waals surface area contributed by atoms with Crippen molar-refractivity contribution in [2.24, 2.45) is 0 Å². The second-order valence-electron chi connectivity index (χ2n) is 5.18. The average molecular weight is 305 g/mol. The Kier molecular flexibility index (Phi) is 6.62. The number of esters is 1. The van der Waals surface area contributed by atoms with Gasteiger partial charge in [-0.05, 0) is 36.5 Å². The van der Waals surface area contributed by atoms with E-state index >= 15 is 0 Å². The van der Waals surface area contributed by atoms with Gasteiger partial charge >= 0.3 is 5.97 Å². The summed E-state index contributed by atoms with van der Waals surface area (Å²) in [5, 5.41) is 9.11. The third-order valence-electron chi connectivity index (χ3n) is 3.39. The monoisotopic (exact) mass is 305 g/mol. The van der Waals surface area contributed by atoms with Gasteiger partial charge in [0.2, 0.25) is 0 Å². The van der Waals surface area contributed by atoms with E-state index in [1.54, 1.807) is 6.08 Å². The van der Waals surface area contributed by atoms with E-state index in [9.17, 15) is 4.79 Å². The van der Waals surface area contributed by atoms with Gasteiger partial charge in [0.05, 0.1) is 0 Å².